The Kier molecular flexibility index (Phi) is 3.70. The Hall–Kier alpha value is 0.0969. The lowest BCUT2D eigenvalue weighted by atomic mass is 10.6. The summed E-state index contributed by atoms with van der Waals surface area (Å²) in [5.41, 5.74) is 0. The third kappa shape index (κ3) is 3.22. The fourth-order valence-corrected chi connectivity index (χ4v) is 3.85. The maximum absolute atomic E-state index is 5.72. The molecule has 1 aliphatic heterocycles. The van der Waals surface area contributed by atoms with Crippen molar-refractivity contribution in [3.8, 4) is 0 Å². The molecule has 0 aliphatic carbocycles. The van der Waals surface area contributed by atoms with E-state index in [1.807, 2.05) is 6.92 Å². The number of ether oxygens (including phenoxy) is 1. The molecule has 12 heavy (non-hydrogen) atoms. The average molecular weight is 190 g/mol. The second-order valence-corrected chi connectivity index (χ2v) is 6.49. The van der Waals surface area contributed by atoms with Crippen molar-refractivity contribution < 1.29 is 13.6 Å². The van der Waals surface area contributed by atoms with Crippen LogP contribution in [0.5, 0.6) is 0 Å². The molecule has 4 heteroatoms. The Balaban J connectivity index is 2.32. The molecule has 0 radical (unpaired) electrons. The number of hydrogen-bond acceptors (Lipinski definition) is 3. The summed E-state index contributed by atoms with van der Waals surface area (Å²) in [7, 11) is -1.88. The summed E-state index contributed by atoms with van der Waals surface area (Å²) in [4.78, 5) is 0. The summed E-state index contributed by atoms with van der Waals surface area (Å²) in [5.74, 6) is 0. The molecule has 0 aromatic carbocycles. The van der Waals surface area contributed by atoms with Gasteiger partial charge in [-0.3, -0.25) is 0 Å². The average Bonchev–Trinajstić information content (AvgIpc) is 2.72. The molecular weight excluding hydrogens is 172 g/mol. The van der Waals surface area contributed by atoms with Gasteiger partial charge in [0, 0.05) is 6.61 Å². The number of hydrogen-bond donors (Lipinski definition) is 0. The summed E-state index contributed by atoms with van der Waals surface area (Å²) in [5, 5.41) is 0. The molecule has 1 saturated heterocycles. The van der Waals surface area contributed by atoms with Crippen LogP contribution in [0.1, 0.15) is 20.3 Å². The Morgan fingerprint density at radius 2 is 2.17 bits per heavy atom. The van der Waals surface area contributed by atoms with Crippen LogP contribution in [-0.2, 0) is 13.6 Å². The summed E-state index contributed by atoms with van der Waals surface area (Å²) in [6.07, 6.45) is 1.16. The van der Waals surface area contributed by atoms with Crippen molar-refractivity contribution in [3.63, 3.8) is 0 Å². The van der Waals surface area contributed by atoms with Crippen molar-refractivity contribution in [2.24, 2.45) is 0 Å². The van der Waals surface area contributed by atoms with Gasteiger partial charge >= 0.3 is 8.56 Å². The summed E-state index contributed by atoms with van der Waals surface area (Å²) in [6.45, 7) is 7.77. The van der Waals surface area contributed by atoms with Crippen LogP contribution < -0.4 is 0 Å². The topological polar surface area (TPSA) is 31.0 Å². The molecule has 1 fully saturated rings. The third-order valence-electron chi connectivity index (χ3n) is 1.84. The molecule has 3 nitrogen and oxygen atoms in total. The van der Waals surface area contributed by atoms with Gasteiger partial charge in [0.15, 0.2) is 6.29 Å². The first-order valence-corrected chi connectivity index (χ1v) is 7.16. The highest BCUT2D eigenvalue weighted by Crippen LogP contribution is 2.23. The Morgan fingerprint density at radius 3 is 2.58 bits per heavy atom. The minimum Gasteiger partial charge on any atom is -0.395 e. The first-order valence-electron chi connectivity index (χ1n) is 4.63. The van der Waals surface area contributed by atoms with Crippen LogP contribution in [0.2, 0.25) is 12.6 Å². The number of epoxide rings is 1. The van der Waals surface area contributed by atoms with Crippen LogP contribution in [0.3, 0.4) is 0 Å². The highest BCUT2D eigenvalue weighted by atomic mass is 28.4. The van der Waals surface area contributed by atoms with Gasteiger partial charge in [-0.15, -0.1) is 0 Å². The van der Waals surface area contributed by atoms with Gasteiger partial charge in [0.25, 0.3) is 0 Å². The highest BCUT2D eigenvalue weighted by molar-refractivity contribution is 6.66. The lowest BCUT2D eigenvalue weighted by Gasteiger charge is -2.24. The summed E-state index contributed by atoms with van der Waals surface area (Å²) in [6, 6.07) is 1.06. The molecule has 1 rings (SSSR count). The zero-order valence-corrected chi connectivity index (χ0v) is 9.13. The largest absolute Gasteiger partial charge is 0.395 e. The standard InChI is InChI=1S/C8H18O3Si/c1-4-6-12(3,10-5-2)11-8-7-9-8/h8H,4-7H2,1-3H3. The smallest absolute Gasteiger partial charge is 0.336 e. The van der Waals surface area contributed by atoms with Crippen LogP contribution in [0.4, 0.5) is 0 Å². The monoisotopic (exact) mass is 190 g/mol. The molecule has 72 valence electrons. The molecule has 2 atom stereocenters. The fraction of sp³-hybridized carbons (Fsp3) is 1.00. The van der Waals surface area contributed by atoms with Gasteiger partial charge in [0.05, 0.1) is 0 Å². The van der Waals surface area contributed by atoms with Crippen molar-refractivity contribution in [1.29, 1.82) is 0 Å². The van der Waals surface area contributed by atoms with E-state index in [0.29, 0.717) is 0 Å². The first-order chi connectivity index (χ1) is 5.70. The first kappa shape index (κ1) is 10.2. The molecule has 0 aromatic rings. The van der Waals surface area contributed by atoms with E-state index in [1.54, 1.807) is 0 Å². The molecule has 0 amide bonds. The van der Waals surface area contributed by atoms with Crippen molar-refractivity contribution >= 4 is 8.56 Å². The lowest BCUT2D eigenvalue weighted by molar-refractivity contribution is 0.111. The van der Waals surface area contributed by atoms with E-state index in [9.17, 15) is 0 Å². The number of rotatable bonds is 6. The molecule has 0 N–H and O–H groups in total. The van der Waals surface area contributed by atoms with E-state index in [1.165, 1.54) is 0 Å². The minimum absolute atomic E-state index is 0.0415. The van der Waals surface area contributed by atoms with Gasteiger partial charge in [-0.2, -0.15) is 0 Å². The van der Waals surface area contributed by atoms with E-state index in [0.717, 1.165) is 25.7 Å². The summed E-state index contributed by atoms with van der Waals surface area (Å²) >= 11 is 0. The van der Waals surface area contributed by atoms with Crippen LogP contribution in [-0.4, -0.2) is 28.1 Å². The normalized spacial score (nSPS) is 26.8. The second-order valence-electron chi connectivity index (χ2n) is 3.20. The third-order valence-corrected chi connectivity index (χ3v) is 4.91. The van der Waals surface area contributed by atoms with Crippen LogP contribution in [0, 0.1) is 0 Å². The molecule has 0 bridgehead atoms. The fourth-order valence-electron chi connectivity index (χ4n) is 1.31. The van der Waals surface area contributed by atoms with Gasteiger partial charge in [-0.1, -0.05) is 13.3 Å². The summed E-state index contributed by atoms with van der Waals surface area (Å²) < 4.78 is 16.4. The molecule has 2 unspecified atom stereocenters. The maximum atomic E-state index is 5.72. The second kappa shape index (κ2) is 4.37. The predicted octanol–water partition coefficient (Wildman–Crippen LogP) is 1.88. The Bertz CT molecular complexity index is 130. The van der Waals surface area contributed by atoms with Crippen molar-refractivity contribution in [3.05, 3.63) is 0 Å². The van der Waals surface area contributed by atoms with Gasteiger partial charge in [-0.05, 0) is 19.5 Å². The zero-order chi connectivity index (χ0) is 9.03. The predicted molar refractivity (Wildman–Crippen MR) is 49.2 cm³/mol. The molecular formula is C8H18O3Si. The van der Waals surface area contributed by atoms with Crippen molar-refractivity contribution in [2.75, 3.05) is 13.2 Å². The zero-order valence-electron chi connectivity index (χ0n) is 8.13. The van der Waals surface area contributed by atoms with Crippen molar-refractivity contribution in [1.82, 2.24) is 0 Å². The van der Waals surface area contributed by atoms with Gasteiger partial charge in [-0.25, -0.2) is 0 Å². The van der Waals surface area contributed by atoms with Gasteiger partial charge < -0.3 is 13.6 Å². The van der Waals surface area contributed by atoms with Gasteiger partial charge in [0.2, 0.25) is 0 Å². The maximum Gasteiger partial charge on any atom is 0.336 e. The van der Waals surface area contributed by atoms with E-state index in [4.69, 9.17) is 13.6 Å². The van der Waals surface area contributed by atoms with Crippen LogP contribution in [0.25, 0.3) is 0 Å². The lowest BCUT2D eigenvalue weighted by Crippen LogP contribution is -2.39. The van der Waals surface area contributed by atoms with E-state index < -0.39 is 8.56 Å². The molecule has 0 spiro atoms. The SMILES string of the molecule is CCC[Si](C)(OCC)OC1CO1. The highest BCUT2D eigenvalue weighted by Gasteiger charge is 2.38. The van der Waals surface area contributed by atoms with Crippen LogP contribution >= 0.6 is 0 Å². The van der Waals surface area contributed by atoms with Crippen molar-refractivity contribution in [2.45, 2.75) is 39.1 Å². The minimum atomic E-state index is -1.88. The quantitative estimate of drug-likeness (QED) is 0.473. The molecule has 1 heterocycles. The van der Waals surface area contributed by atoms with E-state index in [2.05, 4.69) is 13.5 Å². The Morgan fingerprint density at radius 1 is 1.50 bits per heavy atom. The molecule has 1 aliphatic rings. The molecule has 0 aromatic heterocycles. The Labute approximate surface area is 75.3 Å². The van der Waals surface area contributed by atoms with E-state index in [-0.39, 0.29) is 6.29 Å². The van der Waals surface area contributed by atoms with Gasteiger partial charge in [0.1, 0.15) is 6.61 Å². The van der Waals surface area contributed by atoms with Crippen LogP contribution in [0.15, 0.2) is 0 Å². The van der Waals surface area contributed by atoms with E-state index >= 15 is 0 Å². The molecule has 0 saturated carbocycles.